The van der Waals surface area contributed by atoms with Crippen LogP contribution in [-0.2, 0) is 6.42 Å². The van der Waals surface area contributed by atoms with Crippen molar-refractivity contribution in [1.29, 1.82) is 0 Å². The molecule has 5 rings (SSSR count). The van der Waals surface area contributed by atoms with Crippen molar-refractivity contribution in [3.05, 3.63) is 96.7 Å². The second kappa shape index (κ2) is 11.2. The van der Waals surface area contributed by atoms with Crippen LogP contribution in [0.4, 0.5) is 10.1 Å². The summed E-state index contributed by atoms with van der Waals surface area (Å²) in [4.78, 5) is 10.7. The van der Waals surface area contributed by atoms with Crippen LogP contribution in [0.3, 0.4) is 0 Å². The second-order valence-corrected chi connectivity index (χ2v) is 9.01. The molecular formula is C30H29FN4O2. The Balaban J connectivity index is 1.53. The zero-order chi connectivity index (χ0) is 25.6. The lowest BCUT2D eigenvalue weighted by Gasteiger charge is -2.12. The number of nitrogens with zero attached hydrogens (tertiary/aromatic N) is 3. The van der Waals surface area contributed by atoms with Gasteiger partial charge in [0.2, 0.25) is 5.71 Å². The third kappa shape index (κ3) is 5.62. The Bertz CT molecular complexity index is 1450. The molecule has 188 valence electrons. The topological polar surface area (TPSA) is 63.4 Å². The summed E-state index contributed by atoms with van der Waals surface area (Å²) in [5.74, 6) is 0.985. The monoisotopic (exact) mass is 496 g/mol. The normalized spacial score (nSPS) is 11.2. The van der Waals surface area contributed by atoms with Gasteiger partial charge in [0.1, 0.15) is 18.1 Å². The molecule has 0 radical (unpaired) electrons. The number of furan rings is 1. The molecule has 0 amide bonds. The molecule has 1 N–H and O–H groups in total. The minimum atomic E-state index is -0.428. The number of benzene rings is 2. The molecule has 5 aromatic rings. The first-order chi connectivity index (χ1) is 18.1. The number of aromatic nitrogens is 2. The predicted molar refractivity (Wildman–Crippen MR) is 145 cm³/mol. The molecule has 2 aromatic carbocycles. The maximum absolute atomic E-state index is 15.2. The minimum Gasteiger partial charge on any atom is -0.492 e. The first-order valence-corrected chi connectivity index (χ1v) is 12.3. The van der Waals surface area contributed by atoms with Crippen LogP contribution in [-0.4, -0.2) is 48.7 Å². The van der Waals surface area contributed by atoms with Gasteiger partial charge in [-0.1, -0.05) is 36.4 Å². The van der Waals surface area contributed by atoms with E-state index in [-0.39, 0.29) is 0 Å². The van der Waals surface area contributed by atoms with Crippen molar-refractivity contribution in [2.75, 3.05) is 39.1 Å². The van der Waals surface area contributed by atoms with Gasteiger partial charge in [0, 0.05) is 42.5 Å². The highest BCUT2D eigenvalue weighted by molar-refractivity contribution is 6.07. The Morgan fingerprint density at radius 1 is 0.919 bits per heavy atom. The lowest BCUT2D eigenvalue weighted by atomic mass is 9.98. The van der Waals surface area contributed by atoms with Crippen molar-refractivity contribution in [3.8, 4) is 28.2 Å². The van der Waals surface area contributed by atoms with Gasteiger partial charge in [-0.05, 0) is 56.1 Å². The summed E-state index contributed by atoms with van der Waals surface area (Å²) >= 11 is 0. The maximum Gasteiger partial charge on any atom is 0.229 e. The summed E-state index contributed by atoms with van der Waals surface area (Å²) in [5, 5.41) is 3.90. The average molecular weight is 497 g/mol. The van der Waals surface area contributed by atoms with Gasteiger partial charge in [0.05, 0.1) is 17.3 Å². The summed E-state index contributed by atoms with van der Waals surface area (Å²) in [6.07, 6.45) is 3.62. The van der Waals surface area contributed by atoms with Crippen molar-refractivity contribution in [2.24, 2.45) is 0 Å². The zero-order valence-corrected chi connectivity index (χ0v) is 20.9. The first kappa shape index (κ1) is 24.5. The van der Waals surface area contributed by atoms with Crippen LogP contribution in [0.1, 0.15) is 5.69 Å². The molecule has 3 aromatic heterocycles. The van der Waals surface area contributed by atoms with Crippen LogP contribution in [0, 0.1) is 5.82 Å². The van der Waals surface area contributed by atoms with Crippen molar-refractivity contribution < 1.29 is 13.5 Å². The van der Waals surface area contributed by atoms with E-state index in [4.69, 9.17) is 9.15 Å². The third-order valence-electron chi connectivity index (χ3n) is 6.07. The molecule has 0 unspecified atom stereocenters. The minimum absolute atomic E-state index is 0.374. The molecule has 0 aliphatic carbocycles. The van der Waals surface area contributed by atoms with Crippen molar-refractivity contribution in [1.82, 2.24) is 14.9 Å². The SMILES string of the molecule is CN(C)CCOc1ccc(-c2oc3ncc(F)c(NCCc4ccccn4)c3c2-c2ccccc2)cc1. The molecule has 7 heteroatoms. The first-order valence-electron chi connectivity index (χ1n) is 12.3. The van der Waals surface area contributed by atoms with Crippen LogP contribution in [0.5, 0.6) is 5.75 Å². The number of fused-ring (bicyclic) bond motifs is 1. The van der Waals surface area contributed by atoms with Gasteiger partial charge in [-0.2, -0.15) is 0 Å². The van der Waals surface area contributed by atoms with Crippen LogP contribution < -0.4 is 10.1 Å². The van der Waals surface area contributed by atoms with Crippen LogP contribution >= 0.6 is 0 Å². The van der Waals surface area contributed by atoms with Crippen LogP contribution in [0.25, 0.3) is 33.6 Å². The lowest BCUT2D eigenvalue weighted by molar-refractivity contribution is 0.261. The van der Waals surface area contributed by atoms with Gasteiger partial charge < -0.3 is 19.4 Å². The fraction of sp³-hybridized carbons (Fsp3) is 0.200. The van der Waals surface area contributed by atoms with E-state index in [1.165, 1.54) is 6.20 Å². The number of pyridine rings is 2. The number of hydrogen-bond donors (Lipinski definition) is 1. The summed E-state index contributed by atoms with van der Waals surface area (Å²) in [6, 6.07) is 23.4. The second-order valence-electron chi connectivity index (χ2n) is 9.01. The quantitative estimate of drug-likeness (QED) is 0.245. The Hall–Kier alpha value is -4.23. The summed E-state index contributed by atoms with van der Waals surface area (Å²) in [7, 11) is 4.02. The van der Waals surface area contributed by atoms with E-state index >= 15 is 4.39 Å². The van der Waals surface area contributed by atoms with Gasteiger partial charge in [-0.25, -0.2) is 9.37 Å². The van der Waals surface area contributed by atoms with E-state index in [9.17, 15) is 0 Å². The summed E-state index contributed by atoms with van der Waals surface area (Å²) in [5.41, 5.74) is 4.26. The molecule has 0 bridgehead atoms. The van der Waals surface area contributed by atoms with Crippen molar-refractivity contribution in [2.45, 2.75) is 6.42 Å². The van der Waals surface area contributed by atoms with Gasteiger partial charge in [-0.3, -0.25) is 4.98 Å². The molecule has 0 aliphatic heterocycles. The Morgan fingerprint density at radius 2 is 1.70 bits per heavy atom. The predicted octanol–water partition coefficient (Wildman–Crippen LogP) is 6.29. The van der Waals surface area contributed by atoms with Gasteiger partial charge in [0.25, 0.3) is 0 Å². The molecule has 0 saturated carbocycles. The van der Waals surface area contributed by atoms with E-state index in [1.54, 1.807) is 6.20 Å². The smallest absolute Gasteiger partial charge is 0.229 e. The fourth-order valence-electron chi connectivity index (χ4n) is 4.21. The van der Waals surface area contributed by atoms with Crippen molar-refractivity contribution in [3.63, 3.8) is 0 Å². The van der Waals surface area contributed by atoms with Gasteiger partial charge in [0.15, 0.2) is 5.82 Å². The zero-order valence-electron chi connectivity index (χ0n) is 20.9. The molecule has 0 fully saturated rings. The summed E-state index contributed by atoms with van der Waals surface area (Å²) < 4.78 is 27.3. The highest BCUT2D eigenvalue weighted by Crippen LogP contribution is 2.44. The highest BCUT2D eigenvalue weighted by Gasteiger charge is 2.23. The number of ether oxygens (including phenoxy) is 1. The standard InChI is InChI=1S/C30H29FN4O2/c1-35(2)18-19-36-24-13-11-22(12-14-24)29-26(21-8-4-3-5-9-21)27-28(25(31)20-34-30(27)37-29)33-17-15-23-10-6-7-16-32-23/h3-14,16,20H,15,17-19H2,1-2H3,(H,33,34). The number of halogens is 1. The molecule has 0 atom stereocenters. The van der Waals surface area contributed by atoms with Crippen molar-refractivity contribution >= 4 is 16.8 Å². The van der Waals surface area contributed by atoms with E-state index in [0.29, 0.717) is 42.1 Å². The average Bonchev–Trinajstić information content (AvgIpc) is 3.31. The summed E-state index contributed by atoms with van der Waals surface area (Å²) in [6.45, 7) is 1.95. The molecule has 37 heavy (non-hydrogen) atoms. The van der Waals surface area contributed by atoms with E-state index in [1.807, 2.05) is 86.9 Å². The lowest BCUT2D eigenvalue weighted by Crippen LogP contribution is -2.19. The number of hydrogen-bond acceptors (Lipinski definition) is 6. The number of rotatable bonds is 10. The number of nitrogens with one attached hydrogen (secondary N) is 1. The van der Waals surface area contributed by atoms with E-state index in [0.717, 1.165) is 34.7 Å². The van der Waals surface area contributed by atoms with Crippen LogP contribution in [0.2, 0.25) is 0 Å². The largest absolute Gasteiger partial charge is 0.492 e. The molecule has 0 spiro atoms. The Labute approximate surface area is 215 Å². The maximum atomic E-state index is 15.2. The molecule has 0 saturated heterocycles. The van der Waals surface area contributed by atoms with Crippen LogP contribution in [0.15, 0.2) is 89.6 Å². The third-order valence-corrected chi connectivity index (χ3v) is 6.07. The fourth-order valence-corrected chi connectivity index (χ4v) is 4.21. The number of likely N-dealkylation sites (N-methyl/N-ethyl adjacent to an activating group) is 1. The molecule has 3 heterocycles. The van der Waals surface area contributed by atoms with E-state index < -0.39 is 5.82 Å². The molecular weight excluding hydrogens is 467 g/mol. The van der Waals surface area contributed by atoms with Gasteiger partial charge in [-0.15, -0.1) is 0 Å². The van der Waals surface area contributed by atoms with E-state index in [2.05, 4.69) is 20.2 Å². The Morgan fingerprint density at radius 3 is 2.43 bits per heavy atom. The Kier molecular flexibility index (Phi) is 7.42. The van der Waals surface area contributed by atoms with Gasteiger partial charge >= 0.3 is 0 Å². The molecule has 6 nitrogen and oxygen atoms in total. The number of anilines is 1. The highest BCUT2D eigenvalue weighted by atomic mass is 19.1. The molecule has 0 aliphatic rings.